The first-order valence-electron chi connectivity index (χ1n) is 11.1. The van der Waals surface area contributed by atoms with Gasteiger partial charge in [-0.05, 0) is 63.8 Å². The van der Waals surface area contributed by atoms with Crippen molar-refractivity contribution in [2.45, 2.75) is 13.0 Å². The van der Waals surface area contributed by atoms with E-state index in [0.717, 1.165) is 22.0 Å². The van der Waals surface area contributed by atoms with Gasteiger partial charge in [0.1, 0.15) is 17.1 Å². The van der Waals surface area contributed by atoms with Crippen LogP contribution in [0, 0.1) is 0 Å². The fourth-order valence-electron chi connectivity index (χ4n) is 3.93. The number of carboxylic acids is 1. The second kappa shape index (κ2) is 11.1. The molecule has 7 nitrogen and oxygen atoms in total. The molecule has 0 radical (unpaired) electrons. The topological polar surface area (TPSA) is 91.9 Å². The molecule has 180 valence electrons. The highest BCUT2D eigenvalue weighted by Gasteiger charge is 2.20. The van der Waals surface area contributed by atoms with E-state index >= 15 is 0 Å². The minimum atomic E-state index is -1.12. The highest BCUT2D eigenvalue weighted by Crippen LogP contribution is 2.29. The van der Waals surface area contributed by atoms with Crippen molar-refractivity contribution in [3.8, 4) is 11.5 Å². The molecule has 1 aromatic heterocycles. The zero-order valence-electron chi connectivity index (χ0n) is 19.2. The number of ether oxygens (including phenoxy) is 2. The summed E-state index contributed by atoms with van der Waals surface area (Å²) in [6.45, 7) is 0.535. The maximum atomic E-state index is 13.3. The van der Waals surface area contributed by atoms with Gasteiger partial charge in [-0.15, -0.1) is 0 Å². The lowest BCUT2D eigenvalue weighted by atomic mass is 10.1. The molecule has 3 aromatic carbocycles. The lowest BCUT2D eigenvalue weighted by Gasteiger charge is -2.23. The van der Waals surface area contributed by atoms with Gasteiger partial charge < -0.3 is 24.5 Å². The molecule has 8 heteroatoms. The molecule has 0 unspecified atom stereocenters. The molecule has 4 aromatic rings. The summed E-state index contributed by atoms with van der Waals surface area (Å²) in [5, 5.41) is 10.6. The first-order valence-corrected chi connectivity index (χ1v) is 11.9. The Kier molecular flexibility index (Phi) is 7.72. The van der Waals surface area contributed by atoms with Gasteiger partial charge in [0.25, 0.3) is 5.91 Å². The van der Waals surface area contributed by atoms with Crippen LogP contribution < -0.4 is 9.47 Å². The number of amides is 1. The van der Waals surface area contributed by atoms with Crippen molar-refractivity contribution in [2.75, 3.05) is 20.3 Å². The minimum absolute atomic E-state index is 0.00897. The Morgan fingerprint density at radius 2 is 1.86 bits per heavy atom. The molecule has 0 saturated carbocycles. The Morgan fingerprint density at radius 1 is 1.06 bits per heavy atom. The summed E-state index contributed by atoms with van der Waals surface area (Å²) in [7, 11) is 1.60. The van der Waals surface area contributed by atoms with Gasteiger partial charge in [0, 0.05) is 30.2 Å². The number of rotatable bonds is 10. The normalized spacial score (nSPS) is 10.8. The number of hydrogen-bond donors (Lipinski definition) is 2. The van der Waals surface area contributed by atoms with Gasteiger partial charge in [-0.2, -0.15) is 0 Å². The van der Waals surface area contributed by atoms with Crippen molar-refractivity contribution in [2.24, 2.45) is 0 Å². The molecular weight excluding hydrogens is 512 g/mol. The van der Waals surface area contributed by atoms with E-state index in [9.17, 15) is 14.7 Å². The third kappa shape index (κ3) is 5.84. The Balaban J connectivity index is 1.53. The van der Waals surface area contributed by atoms with E-state index in [2.05, 4.69) is 27.0 Å². The van der Waals surface area contributed by atoms with E-state index < -0.39 is 5.97 Å². The van der Waals surface area contributed by atoms with Gasteiger partial charge in [-0.3, -0.25) is 4.79 Å². The van der Waals surface area contributed by atoms with Crippen molar-refractivity contribution in [3.05, 3.63) is 94.1 Å². The molecule has 1 heterocycles. The van der Waals surface area contributed by atoms with Crippen molar-refractivity contribution < 1.29 is 24.2 Å². The molecule has 4 rings (SSSR count). The molecule has 0 saturated heterocycles. The van der Waals surface area contributed by atoms with Crippen LogP contribution in [0.2, 0.25) is 0 Å². The Hall–Kier alpha value is -3.78. The van der Waals surface area contributed by atoms with E-state index in [1.165, 1.54) is 6.07 Å². The van der Waals surface area contributed by atoms with Crippen LogP contribution in [-0.2, 0) is 17.8 Å². The number of aromatic amines is 1. The van der Waals surface area contributed by atoms with Crippen molar-refractivity contribution in [1.82, 2.24) is 9.88 Å². The number of carbonyl (C=O) groups is 2. The first kappa shape index (κ1) is 24.3. The average Bonchev–Trinajstić information content (AvgIpc) is 3.28. The summed E-state index contributed by atoms with van der Waals surface area (Å²) in [5.41, 5.74) is 3.07. The molecule has 1 amide bonds. The van der Waals surface area contributed by atoms with Crippen molar-refractivity contribution >= 4 is 38.7 Å². The second-order valence-electron chi connectivity index (χ2n) is 7.99. The predicted molar refractivity (Wildman–Crippen MR) is 137 cm³/mol. The number of para-hydroxylation sites is 2. The number of carboxylic acid groups (broad SMARTS) is 1. The number of carbonyl (C=O) groups excluding carboxylic acids is 1. The summed E-state index contributed by atoms with van der Waals surface area (Å²) in [4.78, 5) is 29.9. The highest BCUT2D eigenvalue weighted by atomic mass is 79.9. The van der Waals surface area contributed by atoms with Gasteiger partial charge in [0.15, 0.2) is 6.61 Å². The van der Waals surface area contributed by atoms with Crippen LogP contribution in [0.15, 0.2) is 77.4 Å². The number of benzene rings is 3. The van der Waals surface area contributed by atoms with Crippen LogP contribution in [0.3, 0.4) is 0 Å². The smallest absolute Gasteiger partial charge is 0.339 e. The molecule has 35 heavy (non-hydrogen) atoms. The van der Waals surface area contributed by atoms with E-state index in [4.69, 9.17) is 9.47 Å². The average molecular weight is 537 g/mol. The predicted octanol–water partition coefficient (Wildman–Crippen LogP) is 5.29. The third-order valence-corrected chi connectivity index (χ3v) is 6.35. The maximum Gasteiger partial charge on any atom is 0.339 e. The van der Waals surface area contributed by atoms with E-state index in [0.29, 0.717) is 29.7 Å². The molecule has 0 aliphatic rings. The lowest BCUT2D eigenvalue weighted by molar-refractivity contribution is -0.134. The fourth-order valence-corrected chi connectivity index (χ4v) is 4.41. The third-order valence-electron chi connectivity index (χ3n) is 5.72. The van der Waals surface area contributed by atoms with E-state index in [-0.39, 0.29) is 23.8 Å². The van der Waals surface area contributed by atoms with Crippen LogP contribution in [0.4, 0.5) is 0 Å². The van der Waals surface area contributed by atoms with E-state index in [1.807, 2.05) is 48.7 Å². The quantitative estimate of drug-likeness (QED) is 0.287. The first-order chi connectivity index (χ1) is 17.0. The van der Waals surface area contributed by atoms with Crippen molar-refractivity contribution in [1.29, 1.82) is 0 Å². The van der Waals surface area contributed by atoms with Crippen LogP contribution in [0.25, 0.3) is 10.9 Å². The van der Waals surface area contributed by atoms with Gasteiger partial charge >= 0.3 is 5.97 Å². The summed E-state index contributed by atoms with van der Waals surface area (Å²) in [6.07, 6.45) is 2.62. The zero-order chi connectivity index (χ0) is 24.8. The number of nitrogens with one attached hydrogen (secondary N) is 1. The van der Waals surface area contributed by atoms with Gasteiger partial charge in [-0.25, -0.2) is 4.79 Å². The number of methoxy groups -OCH3 is 1. The Labute approximate surface area is 211 Å². The Morgan fingerprint density at radius 3 is 2.66 bits per heavy atom. The largest absolute Gasteiger partial charge is 0.497 e. The molecular formula is C27H25BrN2O5. The number of H-pyrrole nitrogens is 1. The summed E-state index contributed by atoms with van der Waals surface area (Å²) in [5.74, 6) is -0.533. The standard InChI is InChI=1S/C27H25BrN2O5/c1-34-20-7-4-6-18(14-20)16-30(13-12-19-15-29-24-11-3-2-8-21(19)24)25(31)17-35-26-22(27(32)33)9-5-10-23(26)28/h2-11,14-15,29H,12-13,16-17H2,1H3,(H,32,33). The maximum absolute atomic E-state index is 13.3. The molecule has 0 aliphatic carbocycles. The monoisotopic (exact) mass is 536 g/mol. The van der Waals surface area contributed by atoms with Gasteiger partial charge in [0.05, 0.1) is 11.6 Å². The molecule has 0 bridgehead atoms. The van der Waals surface area contributed by atoms with Crippen LogP contribution in [0.5, 0.6) is 11.5 Å². The highest BCUT2D eigenvalue weighted by molar-refractivity contribution is 9.10. The summed E-state index contributed by atoms with van der Waals surface area (Å²) < 4.78 is 11.5. The zero-order valence-corrected chi connectivity index (χ0v) is 20.7. The minimum Gasteiger partial charge on any atom is -0.497 e. The number of hydrogen-bond acceptors (Lipinski definition) is 4. The van der Waals surface area contributed by atoms with Crippen LogP contribution >= 0.6 is 15.9 Å². The number of aromatic nitrogens is 1. The number of aromatic carboxylic acids is 1. The molecule has 0 spiro atoms. The van der Waals surface area contributed by atoms with Crippen LogP contribution in [0.1, 0.15) is 21.5 Å². The van der Waals surface area contributed by atoms with Crippen molar-refractivity contribution in [3.63, 3.8) is 0 Å². The number of nitrogens with zero attached hydrogens (tertiary/aromatic N) is 1. The number of fused-ring (bicyclic) bond motifs is 1. The molecule has 0 fully saturated rings. The SMILES string of the molecule is COc1cccc(CN(CCc2c[nH]c3ccccc23)C(=O)COc2c(Br)cccc2C(=O)O)c1. The molecule has 2 N–H and O–H groups in total. The van der Waals surface area contributed by atoms with Gasteiger partial charge in [-0.1, -0.05) is 36.4 Å². The molecule has 0 aliphatic heterocycles. The molecule has 0 atom stereocenters. The lowest BCUT2D eigenvalue weighted by Crippen LogP contribution is -2.36. The Bertz CT molecular complexity index is 1350. The van der Waals surface area contributed by atoms with Gasteiger partial charge in [0.2, 0.25) is 0 Å². The van der Waals surface area contributed by atoms with E-state index in [1.54, 1.807) is 24.1 Å². The summed E-state index contributed by atoms with van der Waals surface area (Å²) in [6, 6.07) is 20.3. The fraction of sp³-hybridized carbons (Fsp3) is 0.185. The van der Waals surface area contributed by atoms with Crippen LogP contribution in [-0.4, -0.2) is 47.1 Å². The summed E-state index contributed by atoms with van der Waals surface area (Å²) >= 11 is 3.32. The number of halogens is 1. The second-order valence-corrected chi connectivity index (χ2v) is 8.84.